The Hall–Kier alpha value is -2.50. The highest BCUT2D eigenvalue weighted by atomic mass is 32.2. The van der Waals surface area contributed by atoms with Crippen molar-refractivity contribution in [1.82, 2.24) is 10.6 Å². The van der Waals surface area contributed by atoms with Gasteiger partial charge in [0.1, 0.15) is 17.4 Å². The van der Waals surface area contributed by atoms with Gasteiger partial charge < -0.3 is 19.6 Å². The molecule has 1 atom stereocenters. The van der Waals surface area contributed by atoms with Crippen molar-refractivity contribution in [2.75, 3.05) is 7.05 Å². The highest BCUT2D eigenvalue weighted by Gasteiger charge is 2.48. The van der Waals surface area contributed by atoms with Gasteiger partial charge in [-0.15, -0.1) is 0 Å². The minimum Gasteiger partial charge on any atom is -0.444 e. The molecular weight excluding hydrogens is 405 g/mol. The highest BCUT2D eigenvalue weighted by Crippen LogP contribution is 2.27. The molecule has 0 unspecified atom stereocenters. The zero-order valence-corrected chi connectivity index (χ0v) is 16.4. The second-order valence-corrected chi connectivity index (χ2v) is 8.18. The van der Waals surface area contributed by atoms with Crippen LogP contribution in [-0.2, 0) is 26.1 Å². The molecule has 0 saturated heterocycles. The number of amides is 2. The normalized spacial score (nSPS) is 13.4. The van der Waals surface area contributed by atoms with Gasteiger partial charge in [0.15, 0.2) is 0 Å². The number of benzene rings is 1. The van der Waals surface area contributed by atoms with E-state index in [4.69, 9.17) is 4.74 Å². The zero-order chi connectivity index (χ0) is 21.8. The first-order valence-corrected chi connectivity index (χ1v) is 9.36. The first kappa shape index (κ1) is 23.5. The minimum absolute atomic E-state index is 0.0226. The lowest BCUT2D eigenvalue weighted by molar-refractivity contribution is -0.122. The summed E-state index contributed by atoms with van der Waals surface area (Å²) in [6.45, 7) is 4.94. The van der Waals surface area contributed by atoms with Gasteiger partial charge >= 0.3 is 21.7 Å². The predicted octanol–water partition coefficient (Wildman–Crippen LogP) is 2.10. The molecule has 0 radical (unpaired) electrons. The molecule has 0 fully saturated rings. The van der Waals surface area contributed by atoms with E-state index in [0.717, 1.165) is 12.1 Å². The molecule has 158 valence electrons. The van der Waals surface area contributed by atoms with Crippen molar-refractivity contribution in [1.29, 1.82) is 0 Å². The summed E-state index contributed by atoms with van der Waals surface area (Å²) in [4.78, 5) is 23.8. The van der Waals surface area contributed by atoms with E-state index in [2.05, 4.69) is 14.8 Å². The van der Waals surface area contributed by atoms with Gasteiger partial charge in [-0.3, -0.25) is 4.79 Å². The summed E-state index contributed by atoms with van der Waals surface area (Å²) in [6.07, 6.45) is -0.845. The van der Waals surface area contributed by atoms with Gasteiger partial charge in [0, 0.05) is 13.5 Å². The zero-order valence-electron chi connectivity index (χ0n) is 15.6. The molecular formula is C16H21F3N2O6S. The molecule has 0 heterocycles. The number of ether oxygens (including phenoxy) is 1. The van der Waals surface area contributed by atoms with Gasteiger partial charge in [0.25, 0.3) is 0 Å². The maximum Gasteiger partial charge on any atom is 0.534 e. The molecule has 1 aromatic carbocycles. The van der Waals surface area contributed by atoms with Crippen molar-refractivity contribution in [3.05, 3.63) is 29.8 Å². The Morgan fingerprint density at radius 1 is 1.11 bits per heavy atom. The van der Waals surface area contributed by atoms with Gasteiger partial charge in [-0.1, -0.05) is 12.1 Å². The molecule has 0 aromatic heterocycles. The molecule has 0 aliphatic carbocycles. The van der Waals surface area contributed by atoms with Crippen molar-refractivity contribution in [3.8, 4) is 5.75 Å². The Morgan fingerprint density at radius 2 is 1.64 bits per heavy atom. The number of carbonyl (C=O) groups excluding carboxylic acids is 2. The first-order chi connectivity index (χ1) is 12.6. The number of nitrogens with one attached hydrogen (secondary N) is 2. The smallest absolute Gasteiger partial charge is 0.444 e. The molecule has 0 spiro atoms. The Bertz CT molecular complexity index is 801. The summed E-state index contributed by atoms with van der Waals surface area (Å²) >= 11 is 0. The van der Waals surface area contributed by atoms with Crippen LogP contribution in [0.1, 0.15) is 26.3 Å². The van der Waals surface area contributed by atoms with E-state index in [1.54, 1.807) is 20.8 Å². The maximum absolute atomic E-state index is 12.3. The first-order valence-electron chi connectivity index (χ1n) is 7.95. The van der Waals surface area contributed by atoms with Crippen molar-refractivity contribution in [2.45, 2.75) is 44.3 Å². The van der Waals surface area contributed by atoms with Crippen molar-refractivity contribution in [2.24, 2.45) is 0 Å². The van der Waals surface area contributed by atoms with E-state index in [-0.39, 0.29) is 6.42 Å². The summed E-state index contributed by atoms with van der Waals surface area (Å²) in [7, 11) is -4.41. The van der Waals surface area contributed by atoms with E-state index in [0.29, 0.717) is 5.56 Å². The third-order valence-electron chi connectivity index (χ3n) is 3.11. The monoisotopic (exact) mass is 426 g/mol. The van der Waals surface area contributed by atoms with Crippen LogP contribution in [0, 0.1) is 0 Å². The minimum atomic E-state index is -5.78. The quantitative estimate of drug-likeness (QED) is 0.532. The van der Waals surface area contributed by atoms with Gasteiger partial charge in [0.2, 0.25) is 5.91 Å². The maximum atomic E-state index is 12.3. The van der Waals surface area contributed by atoms with Crippen LogP contribution in [0.2, 0.25) is 0 Å². The summed E-state index contributed by atoms with van der Waals surface area (Å²) in [5.41, 5.74) is -5.89. The molecule has 2 N–H and O–H groups in total. The fourth-order valence-corrected chi connectivity index (χ4v) is 2.38. The van der Waals surface area contributed by atoms with E-state index >= 15 is 0 Å². The van der Waals surface area contributed by atoms with Crippen LogP contribution in [-0.4, -0.2) is 44.6 Å². The van der Waals surface area contributed by atoms with Crippen molar-refractivity contribution >= 4 is 22.1 Å². The Kier molecular flexibility index (Phi) is 7.29. The fraction of sp³-hybridized carbons (Fsp3) is 0.500. The Balaban J connectivity index is 2.88. The molecule has 8 nitrogen and oxygen atoms in total. The van der Waals surface area contributed by atoms with E-state index in [1.165, 1.54) is 19.2 Å². The fourth-order valence-electron chi connectivity index (χ4n) is 1.92. The number of hydrogen-bond acceptors (Lipinski definition) is 6. The molecule has 1 rings (SSSR count). The van der Waals surface area contributed by atoms with Crippen LogP contribution in [0.25, 0.3) is 0 Å². The van der Waals surface area contributed by atoms with Crippen LogP contribution in [0.3, 0.4) is 0 Å². The number of alkyl halides is 3. The lowest BCUT2D eigenvalue weighted by Crippen LogP contribution is -2.48. The largest absolute Gasteiger partial charge is 0.534 e. The topological polar surface area (TPSA) is 111 Å². The summed E-state index contributed by atoms with van der Waals surface area (Å²) < 4.78 is 68.0. The SMILES string of the molecule is CNC(=O)[C@H](Cc1ccc(OS(=O)(=O)C(F)(F)F)cc1)NC(=O)OC(C)(C)C. The van der Waals surface area contributed by atoms with Gasteiger partial charge in [-0.05, 0) is 38.5 Å². The van der Waals surface area contributed by atoms with Crippen LogP contribution < -0.4 is 14.8 Å². The van der Waals surface area contributed by atoms with Crippen LogP contribution in [0.15, 0.2) is 24.3 Å². The van der Waals surface area contributed by atoms with E-state index in [1.807, 2.05) is 0 Å². The van der Waals surface area contributed by atoms with Crippen molar-refractivity contribution in [3.63, 3.8) is 0 Å². The van der Waals surface area contributed by atoms with Gasteiger partial charge in [-0.2, -0.15) is 21.6 Å². The number of likely N-dealkylation sites (N-methyl/N-ethyl adjacent to an activating group) is 1. The lowest BCUT2D eigenvalue weighted by Gasteiger charge is -2.23. The molecule has 0 saturated carbocycles. The van der Waals surface area contributed by atoms with Crippen LogP contribution in [0.4, 0.5) is 18.0 Å². The highest BCUT2D eigenvalue weighted by molar-refractivity contribution is 7.88. The predicted molar refractivity (Wildman–Crippen MR) is 93.0 cm³/mol. The van der Waals surface area contributed by atoms with Crippen molar-refractivity contribution < 1.29 is 40.1 Å². The molecule has 0 bridgehead atoms. The number of halogens is 3. The Morgan fingerprint density at radius 3 is 2.07 bits per heavy atom. The Labute approximate surface area is 160 Å². The van der Waals surface area contributed by atoms with E-state index < -0.39 is 45.0 Å². The second kappa shape index (κ2) is 8.67. The molecule has 28 heavy (non-hydrogen) atoms. The van der Waals surface area contributed by atoms with Gasteiger partial charge in [0.05, 0.1) is 0 Å². The number of rotatable bonds is 6. The second-order valence-electron chi connectivity index (χ2n) is 6.64. The molecule has 0 aliphatic heterocycles. The standard InChI is InChI=1S/C16H21F3N2O6S/c1-15(2,3)26-14(23)21-12(13(22)20-4)9-10-5-7-11(8-6-10)27-28(24,25)16(17,18)19/h5-8,12H,9H2,1-4H3,(H,20,22)(H,21,23)/t12-/m0/s1. The summed E-state index contributed by atoms with van der Waals surface area (Å²) in [5.74, 6) is -1.07. The average molecular weight is 426 g/mol. The van der Waals surface area contributed by atoms with E-state index in [9.17, 15) is 31.2 Å². The summed E-state index contributed by atoms with van der Waals surface area (Å²) in [5, 5.41) is 4.77. The van der Waals surface area contributed by atoms with Crippen LogP contribution in [0.5, 0.6) is 5.75 Å². The number of alkyl carbamates (subject to hydrolysis) is 1. The molecule has 2 amide bonds. The van der Waals surface area contributed by atoms with Gasteiger partial charge in [-0.25, -0.2) is 4.79 Å². The third kappa shape index (κ3) is 7.25. The van der Waals surface area contributed by atoms with Crippen LogP contribution >= 0.6 is 0 Å². The molecule has 1 aromatic rings. The third-order valence-corrected chi connectivity index (χ3v) is 4.09. The number of carbonyl (C=O) groups is 2. The number of hydrogen-bond donors (Lipinski definition) is 2. The lowest BCUT2D eigenvalue weighted by atomic mass is 10.1. The summed E-state index contributed by atoms with van der Waals surface area (Å²) in [6, 6.07) is 3.53. The average Bonchev–Trinajstić information content (AvgIpc) is 2.52. The molecule has 12 heteroatoms. The molecule has 0 aliphatic rings.